The lowest BCUT2D eigenvalue weighted by Gasteiger charge is -2.21. The van der Waals surface area contributed by atoms with Gasteiger partial charge < -0.3 is 10.6 Å². The number of carbonyl (C=O) groups excluding carboxylic acids is 2. The predicted octanol–water partition coefficient (Wildman–Crippen LogP) is 3.87. The van der Waals surface area contributed by atoms with Gasteiger partial charge in [-0.25, -0.2) is 0 Å². The minimum absolute atomic E-state index is 0.00905. The van der Waals surface area contributed by atoms with E-state index in [9.17, 15) is 9.59 Å². The van der Waals surface area contributed by atoms with Gasteiger partial charge in [0.05, 0.1) is 12.6 Å². The highest BCUT2D eigenvalue weighted by atomic mass is 35.5. The summed E-state index contributed by atoms with van der Waals surface area (Å²) >= 11 is 12.0. The van der Waals surface area contributed by atoms with E-state index in [-0.39, 0.29) is 30.3 Å². The van der Waals surface area contributed by atoms with Crippen molar-refractivity contribution in [3.05, 3.63) is 33.8 Å². The van der Waals surface area contributed by atoms with Gasteiger partial charge in [-0.15, -0.1) is 0 Å². The summed E-state index contributed by atoms with van der Waals surface area (Å²) < 4.78 is 0. The second kappa shape index (κ2) is 8.55. The first-order valence-electron chi connectivity index (χ1n) is 7.99. The number of hydrogen-bond donors (Lipinski definition) is 2. The molecule has 0 bridgehead atoms. The Kier molecular flexibility index (Phi) is 6.72. The average molecular weight is 357 g/mol. The summed E-state index contributed by atoms with van der Waals surface area (Å²) in [6, 6.07) is 4.91. The van der Waals surface area contributed by atoms with Crippen molar-refractivity contribution in [2.75, 3.05) is 6.54 Å². The minimum Gasteiger partial charge on any atom is -0.348 e. The van der Waals surface area contributed by atoms with Crippen LogP contribution >= 0.6 is 23.2 Å². The molecule has 1 aliphatic rings. The molecule has 1 aliphatic carbocycles. The van der Waals surface area contributed by atoms with Gasteiger partial charge in [0.1, 0.15) is 0 Å². The maximum absolute atomic E-state index is 12.0. The van der Waals surface area contributed by atoms with Crippen molar-refractivity contribution in [2.24, 2.45) is 5.92 Å². The van der Waals surface area contributed by atoms with E-state index in [0.717, 1.165) is 31.2 Å². The molecule has 2 rings (SSSR count). The molecule has 1 saturated carbocycles. The second-order valence-electron chi connectivity index (χ2n) is 6.01. The van der Waals surface area contributed by atoms with Crippen LogP contribution in [-0.4, -0.2) is 18.4 Å². The van der Waals surface area contributed by atoms with E-state index in [1.165, 1.54) is 6.42 Å². The molecule has 1 fully saturated rings. The molecule has 1 unspecified atom stereocenters. The maximum atomic E-state index is 12.0. The topological polar surface area (TPSA) is 58.2 Å². The molecule has 2 N–H and O–H groups in total. The molecule has 0 saturated heterocycles. The number of nitrogens with one attached hydrogen (secondary N) is 2. The van der Waals surface area contributed by atoms with Crippen LogP contribution in [0.25, 0.3) is 0 Å². The van der Waals surface area contributed by atoms with Crippen LogP contribution in [0.5, 0.6) is 0 Å². The standard InChI is InChI=1S/C17H22Cl2N2O2/c1-11(14-8-7-13(18)9-15(14)19)21-16(22)10-20-17(23)12-5-3-2-4-6-12/h7-9,11-12H,2-6,10H2,1H3,(H,20,23)(H,21,22). The fourth-order valence-electron chi connectivity index (χ4n) is 2.90. The molecule has 23 heavy (non-hydrogen) atoms. The lowest BCUT2D eigenvalue weighted by molar-refractivity contribution is -0.129. The summed E-state index contributed by atoms with van der Waals surface area (Å²) in [6.07, 6.45) is 5.23. The van der Waals surface area contributed by atoms with E-state index in [1.54, 1.807) is 18.2 Å². The summed E-state index contributed by atoms with van der Waals surface area (Å²) in [7, 11) is 0. The number of halogens is 2. The van der Waals surface area contributed by atoms with Crippen molar-refractivity contribution in [3.63, 3.8) is 0 Å². The largest absolute Gasteiger partial charge is 0.348 e. The number of carbonyl (C=O) groups is 2. The lowest BCUT2D eigenvalue weighted by Crippen LogP contribution is -2.40. The third kappa shape index (κ3) is 5.40. The Morgan fingerprint density at radius 1 is 1.22 bits per heavy atom. The molecule has 1 aromatic carbocycles. The van der Waals surface area contributed by atoms with Gasteiger partial charge in [0.25, 0.3) is 0 Å². The highest BCUT2D eigenvalue weighted by molar-refractivity contribution is 6.35. The molecule has 0 aromatic heterocycles. The molecule has 6 heteroatoms. The first-order valence-corrected chi connectivity index (χ1v) is 8.75. The Balaban J connectivity index is 1.80. The quantitative estimate of drug-likeness (QED) is 0.841. The van der Waals surface area contributed by atoms with Crippen molar-refractivity contribution in [2.45, 2.75) is 45.1 Å². The van der Waals surface area contributed by atoms with Gasteiger partial charge >= 0.3 is 0 Å². The fraction of sp³-hybridized carbons (Fsp3) is 0.529. The fourth-order valence-corrected chi connectivity index (χ4v) is 3.47. The van der Waals surface area contributed by atoms with Gasteiger partial charge in [-0.3, -0.25) is 9.59 Å². The molecule has 126 valence electrons. The average Bonchev–Trinajstić information content (AvgIpc) is 2.53. The Morgan fingerprint density at radius 2 is 1.91 bits per heavy atom. The van der Waals surface area contributed by atoms with Crippen LogP contribution < -0.4 is 10.6 Å². The molecular formula is C17H22Cl2N2O2. The summed E-state index contributed by atoms with van der Waals surface area (Å²) in [5, 5.41) is 6.62. The zero-order chi connectivity index (χ0) is 16.8. The molecular weight excluding hydrogens is 335 g/mol. The third-order valence-corrected chi connectivity index (χ3v) is 4.77. The van der Waals surface area contributed by atoms with Crippen LogP contribution in [0.15, 0.2) is 18.2 Å². The van der Waals surface area contributed by atoms with E-state index in [1.807, 2.05) is 6.92 Å². The molecule has 0 aliphatic heterocycles. The highest BCUT2D eigenvalue weighted by Gasteiger charge is 2.21. The Labute approximate surface area is 146 Å². The summed E-state index contributed by atoms with van der Waals surface area (Å²) in [5.41, 5.74) is 0.794. The number of benzene rings is 1. The van der Waals surface area contributed by atoms with Crippen molar-refractivity contribution in [1.82, 2.24) is 10.6 Å². The van der Waals surface area contributed by atoms with Crippen molar-refractivity contribution < 1.29 is 9.59 Å². The molecule has 1 atom stereocenters. The van der Waals surface area contributed by atoms with Gasteiger partial charge in [0, 0.05) is 16.0 Å². The first-order chi connectivity index (χ1) is 11.0. The molecule has 4 nitrogen and oxygen atoms in total. The Hall–Kier alpha value is -1.26. The molecule has 2 amide bonds. The molecule has 1 aromatic rings. The lowest BCUT2D eigenvalue weighted by atomic mass is 9.89. The molecule has 0 radical (unpaired) electrons. The van der Waals surface area contributed by atoms with E-state index >= 15 is 0 Å². The van der Waals surface area contributed by atoms with Gasteiger partial charge in [-0.05, 0) is 37.5 Å². The number of hydrogen-bond acceptors (Lipinski definition) is 2. The van der Waals surface area contributed by atoms with E-state index < -0.39 is 0 Å². The highest BCUT2D eigenvalue weighted by Crippen LogP contribution is 2.26. The zero-order valence-corrected chi connectivity index (χ0v) is 14.7. The van der Waals surface area contributed by atoms with Crippen LogP contribution in [-0.2, 0) is 9.59 Å². The maximum Gasteiger partial charge on any atom is 0.239 e. The van der Waals surface area contributed by atoms with Crippen LogP contribution in [0, 0.1) is 5.92 Å². The summed E-state index contributed by atoms with van der Waals surface area (Å²) in [5.74, 6) is -0.190. The SMILES string of the molecule is CC(NC(=O)CNC(=O)C1CCCCC1)c1ccc(Cl)cc1Cl. The van der Waals surface area contributed by atoms with Gasteiger partial charge in [-0.1, -0.05) is 48.5 Å². The predicted molar refractivity (Wildman–Crippen MR) is 92.6 cm³/mol. The Morgan fingerprint density at radius 3 is 2.57 bits per heavy atom. The first kappa shape index (κ1) is 18.1. The van der Waals surface area contributed by atoms with Gasteiger partial charge in [0.15, 0.2) is 0 Å². The second-order valence-corrected chi connectivity index (χ2v) is 6.85. The third-order valence-electron chi connectivity index (χ3n) is 4.21. The van der Waals surface area contributed by atoms with E-state index in [4.69, 9.17) is 23.2 Å². The van der Waals surface area contributed by atoms with E-state index in [0.29, 0.717) is 10.0 Å². The molecule has 0 spiro atoms. The minimum atomic E-state index is -0.251. The van der Waals surface area contributed by atoms with E-state index in [2.05, 4.69) is 10.6 Å². The number of amides is 2. The normalized spacial score (nSPS) is 16.7. The van der Waals surface area contributed by atoms with Crippen LogP contribution in [0.1, 0.15) is 50.6 Å². The van der Waals surface area contributed by atoms with Crippen molar-refractivity contribution in [3.8, 4) is 0 Å². The smallest absolute Gasteiger partial charge is 0.239 e. The Bertz CT molecular complexity index is 572. The van der Waals surface area contributed by atoms with Gasteiger partial charge in [-0.2, -0.15) is 0 Å². The van der Waals surface area contributed by atoms with Crippen LogP contribution in [0.4, 0.5) is 0 Å². The monoisotopic (exact) mass is 356 g/mol. The van der Waals surface area contributed by atoms with Crippen LogP contribution in [0.2, 0.25) is 10.0 Å². The molecule has 0 heterocycles. The zero-order valence-electron chi connectivity index (χ0n) is 13.2. The summed E-state index contributed by atoms with van der Waals surface area (Å²) in [4.78, 5) is 24.0. The summed E-state index contributed by atoms with van der Waals surface area (Å²) in [6.45, 7) is 1.83. The van der Waals surface area contributed by atoms with Gasteiger partial charge in [0.2, 0.25) is 11.8 Å². The van der Waals surface area contributed by atoms with Crippen molar-refractivity contribution >= 4 is 35.0 Å². The van der Waals surface area contributed by atoms with Crippen molar-refractivity contribution in [1.29, 1.82) is 0 Å². The number of rotatable bonds is 5. The van der Waals surface area contributed by atoms with Crippen LogP contribution in [0.3, 0.4) is 0 Å².